The Hall–Kier alpha value is -4.98. The third-order valence-corrected chi connectivity index (χ3v) is 16.1. The molecule has 3 N–H and O–H groups in total. The number of likely N-dealkylation sites (tertiary alicyclic amines) is 1. The molecule has 15 nitrogen and oxygen atoms in total. The number of Topliss-reactive ketones (excluding diaryl/α,β-unsaturated/α-hetero) is 1. The number of aromatic nitrogens is 4. The summed E-state index contributed by atoms with van der Waals surface area (Å²) < 4.78 is 20.5. The number of hydrogen-bond donors (Lipinski definition) is 3. The van der Waals surface area contributed by atoms with Crippen LogP contribution in [-0.4, -0.2) is 119 Å². The van der Waals surface area contributed by atoms with Gasteiger partial charge in [0, 0.05) is 75.9 Å². The summed E-state index contributed by atoms with van der Waals surface area (Å²) in [5.74, 6) is 0.448. The first kappa shape index (κ1) is 50.9. The van der Waals surface area contributed by atoms with Crippen molar-refractivity contribution in [2.75, 3.05) is 37.8 Å². The Bertz CT molecular complexity index is 2690. The molecule has 0 saturated carbocycles. The zero-order valence-corrected chi connectivity index (χ0v) is 42.7. The number of nitrogens with zero attached hydrogens (tertiary/aromatic N) is 6. The van der Waals surface area contributed by atoms with Gasteiger partial charge in [0.2, 0.25) is 17.7 Å². The molecule has 0 spiro atoms. The molecule has 1 saturated heterocycles. The molecule has 5 heterocycles. The molecule has 68 heavy (non-hydrogen) atoms. The van der Waals surface area contributed by atoms with E-state index in [1.54, 1.807) is 22.7 Å². The quantitative estimate of drug-likeness (QED) is 0.0760. The predicted octanol–water partition coefficient (Wildman–Crippen LogP) is 6.59. The monoisotopic (exact) mass is 1000 g/mol. The number of halogens is 1. The second kappa shape index (κ2) is 22.2. The van der Waals surface area contributed by atoms with Crippen molar-refractivity contribution >= 4 is 74.3 Å². The molecule has 0 bridgehead atoms. The molecular formula is C49H59ClN8O7S3. The van der Waals surface area contributed by atoms with Gasteiger partial charge in [-0.15, -0.1) is 32.9 Å². The van der Waals surface area contributed by atoms with E-state index in [9.17, 15) is 28.5 Å². The van der Waals surface area contributed by atoms with E-state index >= 15 is 0 Å². The van der Waals surface area contributed by atoms with Crippen molar-refractivity contribution in [2.45, 2.75) is 105 Å². The van der Waals surface area contributed by atoms with E-state index in [1.165, 1.54) is 4.90 Å². The highest BCUT2D eigenvalue weighted by Crippen LogP contribution is 2.40. The number of carbonyl (C=O) groups excluding carboxylic acids is 4. The first-order valence-corrected chi connectivity index (χ1v) is 26.3. The van der Waals surface area contributed by atoms with Gasteiger partial charge >= 0.3 is 0 Å². The van der Waals surface area contributed by atoms with Crippen molar-refractivity contribution in [3.05, 3.63) is 104 Å². The molecule has 0 aliphatic carbocycles. The molecule has 5 aromatic rings. The minimum atomic E-state index is -1.27. The number of aliphatic hydroxyl groups excluding tert-OH is 1. The molecule has 3 aromatic heterocycles. The Balaban J connectivity index is 0.848. The Labute approximate surface area is 412 Å². The van der Waals surface area contributed by atoms with Gasteiger partial charge in [-0.25, -0.2) is 4.98 Å². The molecule has 1 unspecified atom stereocenters. The number of ketones is 1. The number of rotatable bonds is 19. The molecule has 2 aliphatic heterocycles. The van der Waals surface area contributed by atoms with Crippen LogP contribution in [0.15, 0.2) is 59.0 Å². The van der Waals surface area contributed by atoms with Crippen LogP contribution in [0.5, 0.6) is 0 Å². The van der Waals surface area contributed by atoms with Crippen LogP contribution in [0.25, 0.3) is 15.4 Å². The summed E-state index contributed by atoms with van der Waals surface area (Å²) >= 11 is 9.45. The summed E-state index contributed by atoms with van der Waals surface area (Å²) in [6.07, 6.45) is 0.386. The van der Waals surface area contributed by atoms with Crippen molar-refractivity contribution in [3.8, 4) is 15.4 Å². The highest BCUT2D eigenvalue weighted by molar-refractivity contribution is 7.85. The van der Waals surface area contributed by atoms with Crippen LogP contribution in [0.3, 0.4) is 0 Å². The van der Waals surface area contributed by atoms with Gasteiger partial charge in [-0.2, -0.15) is 0 Å². The first-order valence-electron chi connectivity index (χ1n) is 22.7. The number of aryl methyl sites for hydroxylation is 4. The van der Waals surface area contributed by atoms with Crippen LogP contribution in [0.4, 0.5) is 0 Å². The van der Waals surface area contributed by atoms with Crippen LogP contribution >= 0.6 is 34.3 Å². The van der Waals surface area contributed by atoms with E-state index in [1.807, 2.05) is 93.2 Å². The summed E-state index contributed by atoms with van der Waals surface area (Å²) in [5.41, 5.74) is 7.82. The molecular weight excluding hydrogens is 944 g/mol. The number of aliphatic hydroxyl groups is 1. The van der Waals surface area contributed by atoms with Crippen molar-refractivity contribution in [1.29, 1.82) is 0 Å². The second-order valence-corrected chi connectivity index (χ2v) is 22.6. The van der Waals surface area contributed by atoms with Crippen molar-refractivity contribution in [1.82, 2.24) is 35.3 Å². The van der Waals surface area contributed by atoms with E-state index in [2.05, 4.69) is 39.7 Å². The number of benzene rings is 2. The molecule has 2 aromatic carbocycles. The molecule has 5 atom stereocenters. The zero-order chi connectivity index (χ0) is 48.9. The average molecular weight is 1000 g/mol. The number of β-amino-alcohol motifs (C(OH)–C–C–N with tert-alkyl or cyclic N) is 1. The lowest BCUT2D eigenvalue weighted by Crippen LogP contribution is -2.57. The molecule has 0 radical (unpaired) electrons. The van der Waals surface area contributed by atoms with Gasteiger partial charge in [-0.05, 0) is 74.8 Å². The molecule has 2 aliphatic rings. The van der Waals surface area contributed by atoms with Gasteiger partial charge in [-0.3, -0.25) is 32.9 Å². The molecule has 362 valence electrons. The number of aliphatic imine (C=N–C) groups is 1. The smallest absolute Gasteiger partial charge is 0.246 e. The van der Waals surface area contributed by atoms with Gasteiger partial charge < -0.3 is 25.4 Å². The maximum Gasteiger partial charge on any atom is 0.246 e. The van der Waals surface area contributed by atoms with E-state index in [0.29, 0.717) is 35.3 Å². The van der Waals surface area contributed by atoms with Gasteiger partial charge in [0.1, 0.15) is 29.5 Å². The normalized spacial score (nSPS) is 17.8. The third kappa shape index (κ3) is 12.1. The Morgan fingerprint density at radius 1 is 0.985 bits per heavy atom. The van der Waals surface area contributed by atoms with E-state index in [4.69, 9.17) is 21.3 Å². The molecule has 1 fully saturated rings. The number of nitrogens with one attached hydrogen (secondary N) is 2. The van der Waals surface area contributed by atoms with Gasteiger partial charge in [0.05, 0.1) is 40.4 Å². The van der Waals surface area contributed by atoms with Crippen LogP contribution in [0, 0.1) is 33.1 Å². The van der Waals surface area contributed by atoms with Crippen molar-refractivity contribution < 1.29 is 33.2 Å². The summed E-state index contributed by atoms with van der Waals surface area (Å²) in [4.78, 5) is 67.2. The highest BCUT2D eigenvalue weighted by Gasteiger charge is 2.44. The Morgan fingerprint density at radius 2 is 1.71 bits per heavy atom. The average Bonchev–Trinajstić information content (AvgIpc) is 4.06. The number of ether oxygens (including phenoxy) is 1. The molecule has 7 rings (SSSR count). The number of amides is 3. The number of carbonyl (C=O) groups is 4. The number of fused-ring (bicyclic) bond motifs is 3. The van der Waals surface area contributed by atoms with Gasteiger partial charge in [0.25, 0.3) is 0 Å². The summed E-state index contributed by atoms with van der Waals surface area (Å²) in [6.45, 7) is 13.5. The maximum atomic E-state index is 14.0. The summed E-state index contributed by atoms with van der Waals surface area (Å²) in [5, 5.41) is 26.7. The van der Waals surface area contributed by atoms with Crippen molar-refractivity contribution in [2.24, 2.45) is 10.4 Å². The Morgan fingerprint density at radius 3 is 2.40 bits per heavy atom. The number of hydrogen-bond acceptors (Lipinski definition) is 13. The first-order chi connectivity index (χ1) is 32.4. The topological polar surface area (TPSA) is 198 Å². The lowest BCUT2D eigenvalue weighted by atomic mass is 9.85. The number of thiazole rings is 1. The SMILES string of the molecule is Cc1ncsc1-c1ccc(CCC(=O)[C@@H]2C[C@@H](O)CN2C(=O)[C@@H](NC(=O)COCCCS(=O)CCNC(=O)C[C@@H]2N=C(c3ccc(Cl)cc3)c3c(sc(C)c3C)-n3c(C)nnc32)C(C)(C)C)cc1. The standard InChI is InChI=1S/C49H59ClN8O7S3/c1-28-30(3)67-48-42(28)43(33-14-16-35(50)17-15-33)53-37(46-56-55-31(4)58(46)48)24-40(61)51-19-22-68(64)21-8-20-65-26-41(62)54-45(49(5,6)7)47(63)57-25-36(59)23-38(57)39(60)18-11-32-9-12-34(13-10-32)44-29(2)52-27-66-44/h9-10,12-17,27,36-38,45,59H,8,11,18-26H2,1-7H3,(H,51,61)(H,54,62)/t36-,37+,38+,45-,68?/m1/s1. The fourth-order valence-corrected chi connectivity index (χ4v) is 11.6. The largest absolute Gasteiger partial charge is 0.391 e. The van der Waals surface area contributed by atoms with Gasteiger partial charge in [-0.1, -0.05) is 68.8 Å². The Kier molecular flexibility index (Phi) is 16.6. The van der Waals surface area contributed by atoms with Gasteiger partial charge in [0.15, 0.2) is 11.6 Å². The van der Waals surface area contributed by atoms with Crippen LogP contribution in [0.2, 0.25) is 5.02 Å². The summed E-state index contributed by atoms with van der Waals surface area (Å²) in [7, 11) is -1.27. The van der Waals surface area contributed by atoms with E-state index in [0.717, 1.165) is 54.0 Å². The minimum Gasteiger partial charge on any atom is -0.391 e. The zero-order valence-electron chi connectivity index (χ0n) is 39.5. The lowest BCUT2D eigenvalue weighted by molar-refractivity contribution is -0.144. The minimum absolute atomic E-state index is 0.00135. The van der Waals surface area contributed by atoms with Crippen LogP contribution < -0.4 is 10.6 Å². The maximum absolute atomic E-state index is 14.0. The molecule has 19 heteroatoms. The fraction of sp³-hybridized carbons (Fsp3) is 0.469. The van der Waals surface area contributed by atoms with E-state index in [-0.39, 0.29) is 63.0 Å². The van der Waals surface area contributed by atoms with Crippen LogP contribution in [0.1, 0.15) is 97.0 Å². The fourth-order valence-electron chi connectivity index (χ4n) is 8.49. The van der Waals surface area contributed by atoms with Crippen LogP contribution in [-0.2, 0) is 41.1 Å². The lowest BCUT2D eigenvalue weighted by Gasteiger charge is -2.35. The summed E-state index contributed by atoms with van der Waals surface area (Å²) in [6, 6.07) is 13.1. The highest BCUT2D eigenvalue weighted by atomic mass is 35.5. The predicted molar refractivity (Wildman–Crippen MR) is 267 cm³/mol. The second-order valence-electron chi connectivity index (χ2n) is 18.4. The number of thiophene rings is 1. The van der Waals surface area contributed by atoms with E-state index < -0.39 is 52.3 Å². The van der Waals surface area contributed by atoms with Crippen molar-refractivity contribution in [3.63, 3.8) is 0 Å². The molecule has 3 amide bonds. The third-order valence-electron chi connectivity index (χ3n) is 12.3.